The highest BCUT2D eigenvalue weighted by Gasteiger charge is 2.34. The molecule has 0 aromatic heterocycles. The summed E-state index contributed by atoms with van der Waals surface area (Å²) < 4.78 is 4.79. The summed E-state index contributed by atoms with van der Waals surface area (Å²) >= 11 is 0. The summed E-state index contributed by atoms with van der Waals surface area (Å²) in [5.41, 5.74) is 4.10. The Morgan fingerprint density at radius 2 is 2.10 bits per heavy atom. The molecule has 0 bridgehead atoms. The predicted molar refractivity (Wildman–Crippen MR) is 75.5 cm³/mol. The Hall–Kier alpha value is -2.21. The van der Waals surface area contributed by atoms with Crippen LogP contribution >= 0.6 is 0 Å². The Bertz CT molecular complexity index is 528. The third-order valence-corrected chi connectivity index (χ3v) is 2.85. The van der Waals surface area contributed by atoms with Crippen molar-refractivity contribution in [3.8, 4) is 0 Å². The molecule has 106 valence electrons. The van der Waals surface area contributed by atoms with Crippen molar-refractivity contribution < 1.29 is 14.3 Å². The van der Waals surface area contributed by atoms with E-state index in [9.17, 15) is 9.59 Å². The number of benzene rings is 1. The number of amides is 1. The molecule has 1 atom stereocenters. The van der Waals surface area contributed by atoms with Gasteiger partial charge in [-0.2, -0.15) is 0 Å². The molecule has 1 amide bonds. The van der Waals surface area contributed by atoms with Gasteiger partial charge in [0.25, 0.3) is 5.91 Å². The first-order chi connectivity index (χ1) is 9.63. The van der Waals surface area contributed by atoms with Gasteiger partial charge in [0, 0.05) is 0 Å². The first-order valence-electron chi connectivity index (χ1n) is 6.49. The molecule has 0 spiro atoms. The molecule has 1 aromatic carbocycles. The number of para-hydroxylation sites is 1. The number of rotatable bonds is 4. The number of anilines is 1. The van der Waals surface area contributed by atoms with Gasteiger partial charge >= 0.3 is 5.97 Å². The van der Waals surface area contributed by atoms with Crippen LogP contribution in [-0.4, -0.2) is 36.8 Å². The molecule has 1 saturated heterocycles. The van der Waals surface area contributed by atoms with Crippen LogP contribution in [0.25, 0.3) is 0 Å². The van der Waals surface area contributed by atoms with Crippen LogP contribution in [0.5, 0.6) is 0 Å². The molecule has 2 rings (SSSR count). The molecule has 1 fully saturated rings. The van der Waals surface area contributed by atoms with Gasteiger partial charge in [-0.1, -0.05) is 18.2 Å². The molecule has 6 heteroatoms. The van der Waals surface area contributed by atoms with Gasteiger partial charge in [-0.05, 0) is 26.0 Å². The number of carbonyl (C=O) groups is 2. The van der Waals surface area contributed by atoms with E-state index in [4.69, 9.17) is 4.74 Å². The van der Waals surface area contributed by atoms with Gasteiger partial charge in [-0.3, -0.25) is 14.6 Å². The Balaban J connectivity index is 2.11. The fraction of sp³-hybridized carbons (Fsp3) is 0.357. The maximum atomic E-state index is 12.3. The van der Waals surface area contributed by atoms with E-state index in [1.54, 1.807) is 6.92 Å². The molecule has 0 aliphatic carbocycles. The zero-order chi connectivity index (χ0) is 14.5. The molecular formula is C14H17N3O3. The average Bonchev–Trinajstić information content (AvgIpc) is 2.73. The van der Waals surface area contributed by atoms with Crippen LogP contribution in [0.3, 0.4) is 0 Å². The Labute approximate surface area is 117 Å². The lowest BCUT2D eigenvalue weighted by molar-refractivity contribution is -0.141. The summed E-state index contributed by atoms with van der Waals surface area (Å²) in [6.45, 7) is 3.73. The monoisotopic (exact) mass is 275 g/mol. The highest BCUT2D eigenvalue weighted by molar-refractivity contribution is 6.47. The van der Waals surface area contributed by atoms with Gasteiger partial charge in [0.1, 0.15) is 12.3 Å². The summed E-state index contributed by atoms with van der Waals surface area (Å²) in [6, 6.07) is 8.99. The third kappa shape index (κ3) is 3.03. The average molecular weight is 275 g/mol. The molecule has 1 aliphatic heterocycles. The second-order valence-corrected chi connectivity index (χ2v) is 4.33. The lowest BCUT2D eigenvalue weighted by atomic mass is 10.2. The molecule has 6 nitrogen and oxygen atoms in total. The van der Waals surface area contributed by atoms with Crippen LogP contribution in [0.15, 0.2) is 35.3 Å². The topological polar surface area (TPSA) is 71.0 Å². The van der Waals surface area contributed by atoms with Crippen LogP contribution in [0, 0.1) is 0 Å². The molecule has 1 heterocycles. The van der Waals surface area contributed by atoms with Crippen molar-refractivity contribution in [2.24, 2.45) is 4.99 Å². The minimum absolute atomic E-state index is 0.135. The van der Waals surface area contributed by atoms with Crippen molar-refractivity contribution in [3.63, 3.8) is 0 Å². The van der Waals surface area contributed by atoms with Crippen LogP contribution < -0.4 is 10.4 Å². The summed E-state index contributed by atoms with van der Waals surface area (Å²) in [5.74, 6) is -0.675. The zero-order valence-electron chi connectivity index (χ0n) is 11.5. The van der Waals surface area contributed by atoms with Crippen molar-refractivity contribution in [1.29, 1.82) is 0 Å². The van der Waals surface area contributed by atoms with E-state index in [2.05, 4.69) is 10.4 Å². The summed E-state index contributed by atoms with van der Waals surface area (Å²) in [4.78, 5) is 27.6. The van der Waals surface area contributed by atoms with Crippen molar-refractivity contribution >= 4 is 23.3 Å². The van der Waals surface area contributed by atoms with Crippen molar-refractivity contribution in [1.82, 2.24) is 5.43 Å². The molecule has 1 aliphatic rings. The van der Waals surface area contributed by atoms with E-state index < -0.39 is 5.97 Å². The molecule has 1 N–H and O–H groups in total. The highest BCUT2D eigenvalue weighted by Crippen LogP contribution is 2.17. The van der Waals surface area contributed by atoms with Crippen molar-refractivity contribution in [3.05, 3.63) is 30.3 Å². The minimum Gasteiger partial charge on any atom is -0.465 e. The second kappa shape index (κ2) is 6.29. The number of carbonyl (C=O) groups excluding carboxylic acids is 2. The van der Waals surface area contributed by atoms with Crippen LogP contribution in [0.4, 0.5) is 5.69 Å². The Morgan fingerprint density at radius 1 is 1.40 bits per heavy atom. The van der Waals surface area contributed by atoms with Crippen LogP contribution in [0.1, 0.15) is 13.8 Å². The number of ether oxygens (including phenoxy) is 1. The third-order valence-electron chi connectivity index (χ3n) is 2.85. The van der Waals surface area contributed by atoms with Crippen molar-refractivity contribution in [2.75, 3.05) is 18.2 Å². The predicted octanol–water partition coefficient (Wildman–Crippen LogP) is 0.930. The van der Waals surface area contributed by atoms with E-state index in [-0.39, 0.29) is 18.5 Å². The number of hydrazine groups is 1. The van der Waals surface area contributed by atoms with E-state index in [1.165, 1.54) is 5.01 Å². The van der Waals surface area contributed by atoms with Crippen LogP contribution in [0.2, 0.25) is 0 Å². The zero-order valence-corrected chi connectivity index (χ0v) is 11.5. The number of nitrogens with zero attached hydrogens (tertiary/aromatic N) is 2. The number of hydrogen-bond acceptors (Lipinski definition) is 5. The van der Waals surface area contributed by atoms with E-state index >= 15 is 0 Å². The first kappa shape index (κ1) is 14.2. The molecule has 0 saturated carbocycles. The molecule has 1 aromatic rings. The highest BCUT2D eigenvalue weighted by atomic mass is 16.5. The summed E-state index contributed by atoms with van der Waals surface area (Å²) in [5, 5.41) is 1.44. The van der Waals surface area contributed by atoms with Gasteiger partial charge in [0.2, 0.25) is 0 Å². The van der Waals surface area contributed by atoms with Gasteiger partial charge < -0.3 is 4.74 Å². The van der Waals surface area contributed by atoms with Gasteiger partial charge in [0.05, 0.1) is 18.3 Å². The lowest BCUT2D eigenvalue weighted by Gasteiger charge is -2.15. The fourth-order valence-corrected chi connectivity index (χ4v) is 1.94. The van der Waals surface area contributed by atoms with E-state index in [0.717, 1.165) is 5.69 Å². The number of nitrogens with one attached hydrogen (secondary N) is 1. The number of hydrogen-bond donors (Lipinski definition) is 1. The quantitative estimate of drug-likeness (QED) is 0.830. The summed E-state index contributed by atoms with van der Waals surface area (Å²) in [6.07, 6.45) is 0. The standard InChI is InChI=1S/C14H17N3O3/c1-3-20-12(18)9-15-13-10(2)16-17(14(13)19)11-7-5-4-6-8-11/h4-8,10,16H,3,9H2,1-2H3. The number of esters is 1. The Morgan fingerprint density at radius 3 is 2.75 bits per heavy atom. The first-order valence-corrected chi connectivity index (χ1v) is 6.49. The van der Waals surface area contributed by atoms with Crippen molar-refractivity contribution in [2.45, 2.75) is 19.9 Å². The maximum Gasteiger partial charge on any atom is 0.327 e. The minimum atomic E-state index is -0.432. The lowest BCUT2D eigenvalue weighted by Crippen LogP contribution is -2.36. The van der Waals surface area contributed by atoms with Gasteiger partial charge in [0.15, 0.2) is 0 Å². The van der Waals surface area contributed by atoms with E-state index in [0.29, 0.717) is 12.3 Å². The molecular weight excluding hydrogens is 258 g/mol. The molecule has 20 heavy (non-hydrogen) atoms. The van der Waals surface area contributed by atoms with Gasteiger partial charge in [-0.25, -0.2) is 10.4 Å². The largest absolute Gasteiger partial charge is 0.465 e. The molecule has 0 radical (unpaired) electrons. The second-order valence-electron chi connectivity index (χ2n) is 4.33. The van der Waals surface area contributed by atoms with Crippen LogP contribution in [-0.2, 0) is 14.3 Å². The molecule has 1 unspecified atom stereocenters. The fourth-order valence-electron chi connectivity index (χ4n) is 1.94. The number of aliphatic imine (C=N–C) groups is 1. The normalized spacial score (nSPS) is 20.5. The van der Waals surface area contributed by atoms with Gasteiger partial charge in [-0.15, -0.1) is 0 Å². The smallest absolute Gasteiger partial charge is 0.327 e. The Kier molecular flexibility index (Phi) is 4.47. The summed E-state index contributed by atoms with van der Waals surface area (Å²) in [7, 11) is 0. The SMILES string of the molecule is CCOC(=O)CN=C1C(=O)N(c2ccccc2)NC1C. The maximum absolute atomic E-state index is 12.3. The van der Waals surface area contributed by atoms with E-state index in [1.807, 2.05) is 37.3 Å².